The lowest BCUT2D eigenvalue weighted by Gasteiger charge is -2.08. The third-order valence-electron chi connectivity index (χ3n) is 2.31. The predicted octanol–water partition coefficient (Wildman–Crippen LogP) is 2.09. The molecule has 0 saturated heterocycles. The Morgan fingerprint density at radius 3 is 2.88 bits per heavy atom. The van der Waals surface area contributed by atoms with Crippen LogP contribution >= 0.6 is 0 Å². The van der Waals surface area contributed by atoms with Crippen molar-refractivity contribution in [2.24, 2.45) is 0 Å². The van der Waals surface area contributed by atoms with E-state index >= 15 is 0 Å². The number of aliphatic hydroxyl groups is 1. The minimum Gasteiger partial charge on any atom is -0.490 e. The molecule has 0 fully saturated rings. The van der Waals surface area contributed by atoms with Crippen molar-refractivity contribution in [3.05, 3.63) is 29.6 Å². The van der Waals surface area contributed by atoms with Gasteiger partial charge in [-0.05, 0) is 30.7 Å². The van der Waals surface area contributed by atoms with Crippen LogP contribution in [0, 0.1) is 5.82 Å². The number of ether oxygens (including phenoxy) is 1. The number of benzene rings is 1. The predicted molar refractivity (Wildman–Crippen MR) is 65.6 cm³/mol. The van der Waals surface area contributed by atoms with E-state index in [1.807, 2.05) is 6.07 Å². The fraction of sp³-hybridized carbons (Fsp3) is 0.538. The van der Waals surface area contributed by atoms with Gasteiger partial charge in [-0.2, -0.15) is 0 Å². The van der Waals surface area contributed by atoms with Crippen LogP contribution in [0.3, 0.4) is 0 Å². The second-order valence-corrected chi connectivity index (χ2v) is 3.87. The van der Waals surface area contributed by atoms with Crippen LogP contribution in [0.5, 0.6) is 5.75 Å². The SMILES string of the molecule is CCCNCc1ccc(OCCCO)c(F)c1. The van der Waals surface area contributed by atoms with E-state index in [9.17, 15) is 4.39 Å². The summed E-state index contributed by atoms with van der Waals surface area (Å²) in [6, 6.07) is 4.96. The zero-order valence-corrected chi connectivity index (χ0v) is 10.2. The van der Waals surface area contributed by atoms with Crippen molar-refractivity contribution >= 4 is 0 Å². The van der Waals surface area contributed by atoms with Gasteiger partial charge >= 0.3 is 0 Å². The molecular weight excluding hydrogens is 221 g/mol. The lowest BCUT2D eigenvalue weighted by molar-refractivity contribution is 0.228. The minimum absolute atomic E-state index is 0.0562. The van der Waals surface area contributed by atoms with E-state index < -0.39 is 0 Å². The molecule has 2 N–H and O–H groups in total. The number of hydrogen-bond acceptors (Lipinski definition) is 3. The Balaban J connectivity index is 2.47. The monoisotopic (exact) mass is 241 g/mol. The summed E-state index contributed by atoms with van der Waals surface area (Å²) >= 11 is 0. The molecule has 17 heavy (non-hydrogen) atoms. The van der Waals surface area contributed by atoms with Crippen LogP contribution < -0.4 is 10.1 Å². The van der Waals surface area contributed by atoms with Crippen LogP contribution in [0.1, 0.15) is 25.3 Å². The van der Waals surface area contributed by atoms with Crippen LogP contribution in [-0.4, -0.2) is 24.9 Å². The first-order chi connectivity index (χ1) is 8.27. The summed E-state index contributed by atoms with van der Waals surface area (Å²) in [4.78, 5) is 0. The second-order valence-electron chi connectivity index (χ2n) is 3.87. The number of hydrogen-bond donors (Lipinski definition) is 2. The van der Waals surface area contributed by atoms with Gasteiger partial charge in [-0.25, -0.2) is 4.39 Å². The molecule has 0 aliphatic heterocycles. The molecule has 0 aliphatic carbocycles. The Morgan fingerprint density at radius 1 is 1.41 bits per heavy atom. The molecule has 0 atom stereocenters. The van der Waals surface area contributed by atoms with Crippen molar-refractivity contribution in [3.63, 3.8) is 0 Å². The first-order valence-corrected chi connectivity index (χ1v) is 6.00. The number of halogens is 1. The minimum atomic E-state index is -0.348. The summed E-state index contributed by atoms with van der Waals surface area (Å²) in [6.07, 6.45) is 1.57. The van der Waals surface area contributed by atoms with E-state index in [-0.39, 0.29) is 18.2 Å². The summed E-state index contributed by atoms with van der Waals surface area (Å²) in [5, 5.41) is 11.8. The van der Waals surface area contributed by atoms with Crippen molar-refractivity contribution in [1.82, 2.24) is 5.32 Å². The van der Waals surface area contributed by atoms with Gasteiger partial charge in [0.25, 0.3) is 0 Å². The van der Waals surface area contributed by atoms with Gasteiger partial charge in [0.15, 0.2) is 11.6 Å². The standard InChI is InChI=1S/C13H20FNO2/c1-2-6-15-10-11-4-5-13(12(14)9-11)17-8-3-7-16/h4-5,9,15-16H,2-3,6-8,10H2,1H3. The highest BCUT2D eigenvalue weighted by Crippen LogP contribution is 2.18. The fourth-order valence-electron chi connectivity index (χ4n) is 1.43. The molecular formula is C13H20FNO2. The fourth-order valence-corrected chi connectivity index (χ4v) is 1.43. The zero-order valence-electron chi connectivity index (χ0n) is 10.2. The van der Waals surface area contributed by atoms with Crippen LogP contribution in [-0.2, 0) is 6.54 Å². The number of rotatable bonds is 8. The van der Waals surface area contributed by atoms with Gasteiger partial charge in [0, 0.05) is 19.6 Å². The molecule has 0 spiro atoms. The van der Waals surface area contributed by atoms with Gasteiger partial charge in [-0.15, -0.1) is 0 Å². The van der Waals surface area contributed by atoms with E-state index in [2.05, 4.69) is 12.2 Å². The maximum atomic E-state index is 13.6. The van der Waals surface area contributed by atoms with Crippen LogP contribution in [0.25, 0.3) is 0 Å². The number of nitrogens with one attached hydrogen (secondary N) is 1. The van der Waals surface area contributed by atoms with Gasteiger partial charge < -0.3 is 15.2 Å². The molecule has 0 amide bonds. The smallest absolute Gasteiger partial charge is 0.165 e. The van der Waals surface area contributed by atoms with Crippen molar-refractivity contribution in [2.45, 2.75) is 26.3 Å². The van der Waals surface area contributed by atoms with Gasteiger partial charge in [-0.1, -0.05) is 13.0 Å². The molecule has 3 nitrogen and oxygen atoms in total. The summed E-state index contributed by atoms with van der Waals surface area (Å²) in [6.45, 7) is 4.07. The van der Waals surface area contributed by atoms with Crippen LogP contribution in [0.2, 0.25) is 0 Å². The third-order valence-corrected chi connectivity index (χ3v) is 2.31. The van der Waals surface area contributed by atoms with Gasteiger partial charge in [-0.3, -0.25) is 0 Å². The Hall–Kier alpha value is -1.13. The largest absolute Gasteiger partial charge is 0.490 e. The molecule has 4 heteroatoms. The maximum Gasteiger partial charge on any atom is 0.165 e. The summed E-state index contributed by atoms with van der Waals surface area (Å²) < 4.78 is 18.8. The van der Waals surface area contributed by atoms with E-state index in [1.165, 1.54) is 6.07 Å². The second kappa shape index (κ2) is 8.03. The lowest BCUT2D eigenvalue weighted by atomic mass is 10.2. The van der Waals surface area contributed by atoms with Crippen molar-refractivity contribution in [2.75, 3.05) is 19.8 Å². The first kappa shape index (κ1) is 13.9. The highest BCUT2D eigenvalue weighted by Gasteiger charge is 2.04. The molecule has 1 aromatic carbocycles. The normalized spacial score (nSPS) is 10.5. The Morgan fingerprint density at radius 2 is 2.24 bits per heavy atom. The molecule has 0 aliphatic rings. The van der Waals surface area contributed by atoms with Crippen molar-refractivity contribution in [1.29, 1.82) is 0 Å². The highest BCUT2D eigenvalue weighted by molar-refractivity contribution is 5.29. The van der Waals surface area contributed by atoms with Gasteiger partial charge in [0.2, 0.25) is 0 Å². The maximum absolute atomic E-state index is 13.6. The van der Waals surface area contributed by atoms with Crippen molar-refractivity contribution in [3.8, 4) is 5.75 Å². The topological polar surface area (TPSA) is 41.5 Å². The summed E-state index contributed by atoms with van der Waals surface area (Å²) in [5.74, 6) is -0.101. The summed E-state index contributed by atoms with van der Waals surface area (Å²) in [5.41, 5.74) is 0.908. The zero-order chi connectivity index (χ0) is 12.5. The first-order valence-electron chi connectivity index (χ1n) is 6.00. The molecule has 96 valence electrons. The Bertz CT molecular complexity index is 331. The van der Waals surface area contributed by atoms with E-state index in [0.29, 0.717) is 19.6 Å². The van der Waals surface area contributed by atoms with E-state index in [4.69, 9.17) is 9.84 Å². The molecule has 0 aromatic heterocycles. The van der Waals surface area contributed by atoms with Crippen molar-refractivity contribution < 1.29 is 14.2 Å². The highest BCUT2D eigenvalue weighted by atomic mass is 19.1. The number of aliphatic hydroxyl groups excluding tert-OH is 1. The van der Waals surface area contributed by atoms with Crippen LogP contribution in [0.4, 0.5) is 4.39 Å². The molecule has 0 bridgehead atoms. The van der Waals surface area contributed by atoms with Gasteiger partial charge in [0.1, 0.15) is 0 Å². The molecule has 0 radical (unpaired) electrons. The Kier molecular flexibility index (Phi) is 6.58. The lowest BCUT2D eigenvalue weighted by Crippen LogP contribution is -2.14. The van der Waals surface area contributed by atoms with Crippen LogP contribution in [0.15, 0.2) is 18.2 Å². The summed E-state index contributed by atoms with van der Waals surface area (Å²) in [7, 11) is 0. The average molecular weight is 241 g/mol. The molecule has 1 rings (SSSR count). The molecule has 1 aromatic rings. The van der Waals surface area contributed by atoms with E-state index in [0.717, 1.165) is 18.5 Å². The Labute approximate surface area is 102 Å². The third kappa shape index (κ3) is 5.15. The molecule has 0 heterocycles. The molecule has 0 saturated carbocycles. The van der Waals surface area contributed by atoms with E-state index in [1.54, 1.807) is 6.07 Å². The molecule has 0 unspecified atom stereocenters. The van der Waals surface area contributed by atoms with Gasteiger partial charge in [0.05, 0.1) is 6.61 Å². The average Bonchev–Trinajstić information content (AvgIpc) is 2.32. The quantitative estimate of drug-likeness (QED) is 0.685.